The van der Waals surface area contributed by atoms with Crippen LogP contribution in [-0.2, 0) is 24.2 Å². The number of alkyl halides is 1. The van der Waals surface area contributed by atoms with Crippen LogP contribution in [0.3, 0.4) is 0 Å². The number of aryl methyl sites for hydroxylation is 1. The molecule has 0 saturated carbocycles. The molecule has 1 aliphatic carbocycles. The minimum absolute atomic E-state index is 0.0274. The fourth-order valence-electron chi connectivity index (χ4n) is 5.80. The van der Waals surface area contributed by atoms with Gasteiger partial charge in [-0.05, 0) is 74.6 Å². The average molecular weight is 487 g/mol. The van der Waals surface area contributed by atoms with Gasteiger partial charge in [-0.3, -0.25) is 14.3 Å². The minimum Gasteiger partial charge on any atom is -0.390 e. The van der Waals surface area contributed by atoms with Crippen molar-refractivity contribution in [2.75, 3.05) is 26.2 Å². The van der Waals surface area contributed by atoms with Crippen molar-refractivity contribution in [1.29, 1.82) is 0 Å². The highest BCUT2D eigenvalue weighted by atomic mass is 19.1. The van der Waals surface area contributed by atoms with Gasteiger partial charge >= 0.3 is 0 Å². The number of aliphatic hydroxyl groups excluding tert-OH is 1. The van der Waals surface area contributed by atoms with Crippen LogP contribution in [0.4, 0.5) is 8.78 Å². The number of aromatic nitrogens is 2. The molecule has 2 aliphatic heterocycles. The van der Waals surface area contributed by atoms with E-state index in [1.165, 1.54) is 11.0 Å². The van der Waals surface area contributed by atoms with E-state index in [0.717, 1.165) is 54.5 Å². The standard InChI is InChI=1S/C26H32F2N4O3/c1-16-13-18(27)5-6-19(16)17-7-10-30(11-8-17)24(34)15-32-22-4-2-3-20(22)25(29-32)26(35)31-12-9-23(33)21(28)14-31/h5-6,13,17,21,23,33H,2-4,7-12,14-15H2,1H3/t21-,23+/m0/s1. The second-order valence-electron chi connectivity index (χ2n) is 10.1. The first-order valence-electron chi connectivity index (χ1n) is 12.6. The number of hydrogen-bond donors (Lipinski definition) is 1. The summed E-state index contributed by atoms with van der Waals surface area (Å²) in [4.78, 5) is 29.5. The number of rotatable bonds is 4. The van der Waals surface area contributed by atoms with Crippen molar-refractivity contribution in [2.24, 2.45) is 0 Å². The minimum atomic E-state index is -1.45. The molecule has 1 aromatic carbocycles. The molecule has 3 heterocycles. The van der Waals surface area contributed by atoms with Crippen LogP contribution in [0, 0.1) is 12.7 Å². The molecule has 2 aromatic rings. The van der Waals surface area contributed by atoms with Crippen molar-refractivity contribution in [2.45, 2.75) is 70.2 Å². The molecule has 0 spiro atoms. The molecule has 2 saturated heterocycles. The largest absolute Gasteiger partial charge is 0.390 e. The Kier molecular flexibility index (Phi) is 6.61. The Morgan fingerprint density at radius 1 is 1.11 bits per heavy atom. The van der Waals surface area contributed by atoms with Gasteiger partial charge in [0.1, 0.15) is 18.5 Å². The average Bonchev–Trinajstić information content (AvgIpc) is 3.44. The van der Waals surface area contributed by atoms with Gasteiger partial charge in [0.15, 0.2) is 5.69 Å². The molecule has 1 aromatic heterocycles. The Labute approximate surface area is 203 Å². The smallest absolute Gasteiger partial charge is 0.274 e. The van der Waals surface area contributed by atoms with Crippen LogP contribution < -0.4 is 0 Å². The molecule has 2 atom stereocenters. The highest BCUT2D eigenvalue weighted by molar-refractivity contribution is 5.94. The molecular formula is C26H32F2N4O3. The highest BCUT2D eigenvalue weighted by Crippen LogP contribution is 2.31. The lowest BCUT2D eigenvalue weighted by molar-refractivity contribution is -0.133. The van der Waals surface area contributed by atoms with Crippen LogP contribution in [-0.4, -0.2) is 75.0 Å². The summed E-state index contributed by atoms with van der Waals surface area (Å²) in [5, 5.41) is 14.2. The quantitative estimate of drug-likeness (QED) is 0.721. The third-order valence-electron chi connectivity index (χ3n) is 7.81. The molecule has 9 heteroatoms. The normalized spacial score (nSPS) is 23.0. The number of piperidine rings is 2. The summed E-state index contributed by atoms with van der Waals surface area (Å²) in [7, 11) is 0. The predicted octanol–water partition coefficient (Wildman–Crippen LogP) is 2.77. The highest BCUT2D eigenvalue weighted by Gasteiger charge is 2.35. The third kappa shape index (κ3) is 4.70. The van der Waals surface area contributed by atoms with E-state index in [1.807, 2.05) is 17.9 Å². The van der Waals surface area contributed by atoms with Gasteiger partial charge < -0.3 is 14.9 Å². The fraction of sp³-hybridized carbons (Fsp3) is 0.577. The van der Waals surface area contributed by atoms with Gasteiger partial charge in [0.2, 0.25) is 5.91 Å². The van der Waals surface area contributed by atoms with Gasteiger partial charge in [0.05, 0.1) is 12.6 Å². The number of nitrogens with zero attached hydrogens (tertiary/aromatic N) is 4. The van der Waals surface area contributed by atoms with Crippen molar-refractivity contribution in [1.82, 2.24) is 19.6 Å². The molecule has 2 amide bonds. The fourth-order valence-corrected chi connectivity index (χ4v) is 5.80. The summed E-state index contributed by atoms with van der Waals surface area (Å²) >= 11 is 0. The molecule has 1 N–H and O–H groups in total. The second kappa shape index (κ2) is 9.68. The molecule has 7 nitrogen and oxygen atoms in total. The molecule has 2 fully saturated rings. The Bertz CT molecular complexity index is 1130. The Morgan fingerprint density at radius 2 is 1.86 bits per heavy atom. The van der Waals surface area contributed by atoms with Crippen LogP contribution in [0.25, 0.3) is 0 Å². The van der Waals surface area contributed by atoms with Gasteiger partial charge in [0, 0.05) is 30.9 Å². The summed E-state index contributed by atoms with van der Waals surface area (Å²) < 4.78 is 29.1. The van der Waals surface area contributed by atoms with E-state index in [2.05, 4.69) is 5.10 Å². The zero-order valence-electron chi connectivity index (χ0n) is 20.1. The molecule has 3 aliphatic rings. The topological polar surface area (TPSA) is 78.7 Å². The first-order chi connectivity index (χ1) is 16.8. The van der Waals surface area contributed by atoms with Crippen LogP contribution in [0.1, 0.15) is 64.5 Å². The number of carbonyl (C=O) groups excluding carboxylic acids is 2. The number of carbonyl (C=O) groups is 2. The van der Waals surface area contributed by atoms with Crippen LogP contribution in [0.2, 0.25) is 0 Å². The Hall–Kier alpha value is -2.81. The first kappa shape index (κ1) is 23.9. The molecular weight excluding hydrogens is 454 g/mol. The number of halogens is 2. The van der Waals surface area contributed by atoms with E-state index < -0.39 is 12.3 Å². The Balaban J connectivity index is 1.24. The summed E-state index contributed by atoms with van der Waals surface area (Å²) in [6.07, 6.45) is 1.76. The van der Waals surface area contributed by atoms with Crippen molar-refractivity contribution in [3.8, 4) is 0 Å². The number of aliphatic hydroxyl groups is 1. The number of amides is 2. The monoisotopic (exact) mass is 486 g/mol. The molecule has 35 heavy (non-hydrogen) atoms. The maximum atomic E-state index is 14.0. The van der Waals surface area contributed by atoms with Gasteiger partial charge in [-0.1, -0.05) is 6.07 Å². The van der Waals surface area contributed by atoms with Crippen molar-refractivity contribution < 1.29 is 23.5 Å². The first-order valence-corrected chi connectivity index (χ1v) is 12.6. The summed E-state index contributed by atoms with van der Waals surface area (Å²) in [5.41, 5.74) is 4.20. The van der Waals surface area contributed by atoms with E-state index in [4.69, 9.17) is 0 Å². The van der Waals surface area contributed by atoms with Gasteiger partial charge in [-0.15, -0.1) is 0 Å². The number of fused-ring (bicyclic) bond motifs is 1. The number of hydrogen-bond acceptors (Lipinski definition) is 4. The summed E-state index contributed by atoms with van der Waals surface area (Å²) in [5.74, 6) is -0.272. The Morgan fingerprint density at radius 3 is 2.57 bits per heavy atom. The lowest BCUT2D eigenvalue weighted by atomic mass is 9.87. The van der Waals surface area contributed by atoms with E-state index in [9.17, 15) is 23.5 Å². The van der Waals surface area contributed by atoms with Gasteiger partial charge in [-0.25, -0.2) is 8.78 Å². The van der Waals surface area contributed by atoms with Crippen molar-refractivity contribution >= 4 is 11.8 Å². The van der Waals surface area contributed by atoms with E-state index >= 15 is 0 Å². The maximum Gasteiger partial charge on any atom is 0.274 e. The lowest BCUT2D eigenvalue weighted by Crippen LogP contribution is -2.47. The van der Waals surface area contributed by atoms with E-state index in [0.29, 0.717) is 31.2 Å². The summed E-state index contributed by atoms with van der Waals surface area (Å²) in [6.45, 7) is 3.42. The molecule has 5 rings (SSSR count). The van der Waals surface area contributed by atoms with Crippen LogP contribution >= 0.6 is 0 Å². The predicted molar refractivity (Wildman–Crippen MR) is 125 cm³/mol. The molecule has 188 valence electrons. The maximum absolute atomic E-state index is 14.0. The second-order valence-corrected chi connectivity index (χ2v) is 10.1. The van der Waals surface area contributed by atoms with E-state index in [-0.39, 0.29) is 37.1 Å². The number of benzene rings is 1. The van der Waals surface area contributed by atoms with Crippen molar-refractivity contribution in [3.05, 3.63) is 52.1 Å². The van der Waals surface area contributed by atoms with Gasteiger partial charge in [0.25, 0.3) is 5.91 Å². The molecule has 0 bridgehead atoms. The zero-order valence-corrected chi connectivity index (χ0v) is 20.1. The van der Waals surface area contributed by atoms with Gasteiger partial charge in [-0.2, -0.15) is 5.10 Å². The lowest BCUT2D eigenvalue weighted by Gasteiger charge is -2.33. The third-order valence-corrected chi connectivity index (χ3v) is 7.81. The van der Waals surface area contributed by atoms with Crippen LogP contribution in [0.15, 0.2) is 18.2 Å². The molecule has 0 unspecified atom stereocenters. The molecule has 0 radical (unpaired) electrons. The van der Waals surface area contributed by atoms with Crippen molar-refractivity contribution in [3.63, 3.8) is 0 Å². The van der Waals surface area contributed by atoms with E-state index in [1.54, 1.807) is 10.7 Å². The number of likely N-dealkylation sites (tertiary alicyclic amines) is 2. The SMILES string of the molecule is Cc1cc(F)ccc1C1CCN(C(=O)Cn2nc(C(=O)N3CC[C@@H](O)[C@@H](F)C3)c3c2CCC3)CC1. The van der Waals surface area contributed by atoms with Crippen LogP contribution in [0.5, 0.6) is 0 Å². The zero-order chi connectivity index (χ0) is 24.7. The summed E-state index contributed by atoms with van der Waals surface area (Å²) in [6, 6.07) is 4.91.